The van der Waals surface area contributed by atoms with E-state index < -0.39 is 12.2 Å². The third-order valence-electron chi connectivity index (χ3n) is 2.71. The van der Waals surface area contributed by atoms with Crippen LogP contribution in [-0.4, -0.2) is 17.2 Å². The van der Waals surface area contributed by atoms with E-state index in [1.807, 2.05) is 19.9 Å². The van der Waals surface area contributed by atoms with Crippen LogP contribution in [0, 0.1) is 5.92 Å². The first kappa shape index (κ1) is 10.2. The summed E-state index contributed by atoms with van der Waals surface area (Å²) in [5.41, 5.74) is 1.15. The molecule has 2 rings (SSSR count). The number of cyclic esters (lactones) is 1. The summed E-state index contributed by atoms with van der Waals surface area (Å²) in [4.78, 5) is 11.6. The topological polar surface area (TPSA) is 46.5 Å². The monoisotopic (exact) mass is 206 g/mol. The van der Waals surface area contributed by atoms with Crippen LogP contribution in [0.4, 0.5) is 0 Å². The molecule has 1 aliphatic heterocycles. The maximum absolute atomic E-state index is 11.6. The van der Waals surface area contributed by atoms with Gasteiger partial charge in [0, 0.05) is 0 Å². The molecule has 0 fully saturated rings. The van der Waals surface area contributed by atoms with Crippen LogP contribution in [0.2, 0.25) is 0 Å². The number of carbonyl (C=O) groups is 1. The lowest BCUT2D eigenvalue weighted by Crippen LogP contribution is -2.35. The Labute approximate surface area is 88.7 Å². The molecule has 1 aromatic carbocycles. The lowest BCUT2D eigenvalue weighted by Gasteiger charge is -2.31. The maximum atomic E-state index is 11.6. The van der Waals surface area contributed by atoms with E-state index in [2.05, 4.69) is 0 Å². The van der Waals surface area contributed by atoms with Crippen LogP contribution >= 0.6 is 0 Å². The third kappa shape index (κ3) is 1.63. The fourth-order valence-electron chi connectivity index (χ4n) is 1.87. The standard InChI is InChI=1S/C12H14O3/c1-7(2)11-10(13)8-5-3-4-6-9(8)12(14)15-11/h3-7,10-11,13H,1-2H3/t10-,11+/m0/s1. The van der Waals surface area contributed by atoms with Crippen LogP contribution in [0.25, 0.3) is 0 Å². The summed E-state index contributed by atoms with van der Waals surface area (Å²) < 4.78 is 5.20. The van der Waals surface area contributed by atoms with Gasteiger partial charge in [-0.1, -0.05) is 32.0 Å². The molecule has 0 unspecified atom stereocenters. The summed E-state index contributed by atoms with van der Waals surface area (Å²) >= 11 is 0. The van der Waals surface area contributed by atoms with E-state index in [9.17, 15) is 9.90 Å². The first-order chi connectivity index (χ1) is 7.11. The van der Waals surface area contributed by atoms with Gasteiger partial charge in [0.05, 0.1) is 5.56 Å². The van der Waals surface area contributed by atoms with Crippen LogP contribution in [0.15, 0.2) is 24.3 Å². The van der Waals surface area contributed by atoms with Crippen molar-refractivity contribution in [3.05, 3.63) is 35.4 Å². The van der Waals surface area contributed by atoms with Crippen LogP contribution in [-0.2, 0) is 4.74 Å². The number of hydrogen-bond acceptors (Lipinski definition) is 3. The van der Waals surface area contributed by atoms with E-state index >= 15 is 0 Å². The number of ether oxygens (including phenoxy) is 1. The van der Waals surface area contributed by atoms with Gasteiger partial charge in [0.1, 0.15) is 12.2 Å². The van der Waals surface area contributed by atoms with Crippen molar-refractivity contribution in [3.63, 3.8) is 0 Å². The first-order valence-corrected chi connectivity index (χ1v) is 5.09. The highest BCUT2D eigenvalue weighted by Gasteiger charge is 2.35. The smallest absolute Gasteiger partial charge is 0.338 e. The Balaban J connectivity index is 2.44. The molecule has 15 heavy (non-hydrogen) atoms. The Morgan fingerprint density at radius 2 is 2.00 bits per heavy atom. The molecule has 3 heteroatoms. The lowest BCUT2D eigenvalue weighted by atomic mass is 9.90. The highest BCUT2D eigenvalue weighted by atomic mass is 16.6. The van der Waals surface area contributed by atoms with E-state index in [4.69, 9.17) is 4.74 Å². The molecule has 1 N–H and O–H groups in total. The highest BCUT2D eigenvalue weighted by Crippen LogP contribution is 2.32. The van der Waals surface area contributed by atoms with Gasteiger partial charge in [-0.2, -0.15) is 0 Å². The molecule has 1 heterocycles. The minimum atomic E-state index is -0.709. The van der Waals surface area contributed by atoms with Gasteiger partial charge in [-0.3, -0.25) is 0 Å². The Morgan fingerprint density at radius 1 is 1.33 bits per heavy atom. The predicted molar refractivity (Wildman–Crippen MR) is 55.4 cm³/mol. The van der Waals surface area contributed by atoms with Crippen molar-refractivity contribution in [2.45, 2.75) is 26.1 Å². The summed E-state index contributed by atoms with van der Waals surface area (Å²) in [6.45, 7) is 3.85. The summed E-state index contributed by atoms with van der Waals surface area (Å²) in [6, 6.07) is 7.04. The average molecular weight is 206 g/mol. The zero-order chi connectivity index (χ0) is 11.0. The number of aliphatic hydroxyl groups is 1. The van der Waals surface area contributed by atoms with Crippen molar-refractivity contribution in [1.29, 1.82) is 0 Å². The molecule has 0 aromatic heterocycles. The Kier molecular flexibility index (Phi) is 2.49. The van der Waals surface area contributed by atoms with E-state index in [0.29, 0.717) is 11.1 Å². The molecule has 0 bridgehead atoms. The Morgan fingerprint density at radius 3 is 2.67 bits per heavy atom. The summed E-state index contributed by atoms with van der Waals surface area (Å²) in [5.74, 6) is -0.230. The molecule has 80 valence electrons. The molecule has 0 saturated carbocycles. The summed E-state index contributed by atoms with van der Waals surface area (Å²) in [6.07, 6.45) is -1.15. The molecule has 0 amide bonds. The maximum Gasteiger partial charge on any atom is 0.338 e. The molecule has 0 radical (unpaired) electrons. The van der Waals surface area contributed by atoms with Gasteiger partial charge in [-0.05, 0) is 17.5 Å². The molecule has 3 nitrogen and oxygen atoms in total. The van der Waals surface area contributed by atoms with Crippen LogP contribution in [0.3, 0.4) is 0 Å². The number of carbonyl (C=O) groups excluding carboxylic acids is 1. The molecule has 0 spiro atoms. The number of aliphatic hydroxyl groups excluding tert-OH is 1. The van der Waals surface area contributed by atoms with Gasteiger partial charge >= 0.3 is 5.97 Å². The second-order valence-corrected chi connectivity index (χ2v) is 4.15. The van der Waals surface area contributed by atoms with Crippen LogP contribution in [0.5, 0.6) is 0 Å². The molecule has 1 aromatic rings. The molecule has 0 saturated heterocycles. The highest BCUT2D eigenvalue weighted by molar-refractivity contribution is 5.92. The second kappa shape index (κ2) is 3.66. The Bertz CT molecular complexity index is 384. The zero-order valence-electron chi connectivity index (χ0n) is 8.81. The fraction of sp³-hybridized carbons (Fsp3) is 0.417. The number of rotatable bonds is 1. The van der Waals surface area contributed by atoms with E-state index in [1.165, 1.54) is 0 Å². The third-order valence-corrected chi connectivity index (χ3v) is 2.71. The number of fused-ring (bicyclic) bond motifs is 1. The van der Waals surface area contributed by atoms with E-state index in [-0.39, 0.29) is 11.9 Å². The molecular formula is C12H14O3. The number of benzene rings is 1. The Hall–Kier alpha value is -1.35. The average Bonchev–Trinajstić information content (AvgIpc) is 2.23. The summed E-state index contributed by atoms with van der Waals surface area (Å²) in [7, 11) is 0. The van der Waals surface area contributed by atoms with Gasteiger partial charge in [-0.25, -0.2) is 4.79 Å². The normalized spacial score (nSPS) is 24.9. The SMILES string of the molecule is CC(C)[C@H]1OC(=O)c2ccccc2[C@@H]1O. The van der Waals surface area contributed by atoms with Crippen LogP contribution < -0.4 is 0 Å². The van der Waals surface area contributed by atoms with E-state index in [1.54, 1.807) is 18.2 Å². The van der Waals surface area contributed by atoms with Gasteiger partial charge in [0.25, 0.3) is 0 Å². The van der Waals surface area contributed by atoms with Crippen molar-refractivity contribution in [2.75, 3.05) is 0 Å². The van der Waals surface area contributed by atoms with E-state index in [0.717, 1.165) is 0 Å². The minimum Gasteiger partial charge on any atom is -0.455 e. The van der Waals surface area contributed by atoms with Crippen molar-refractivity contribution < 1.29 is 14.6 Å². The second-order valence-electron chi connectivity index (χ2n) is 4.15. The van der Waals surface area contributed by atoms with Crippen molar-refractivity contribution in [2.24, 2.45) is 5.92 Å². The fourth-order valence-corrected chi connectivity index (χ4v) is 1.87. The quantitative estimate of drug-likeness (QED) is 0.714. The molecule has 0 aliphatic carbocycles. The predicted octanol–water partition coefficient (Wildman–Crippen LogP) is 1.91. The lowest BCUT2D eigenvalue weighted by molar-refractivity contribution is -0.0477. The summed E-state index contributed by atoms with van der Waals surface area (Å²) in [5, 5.41) is 10.0. The van der Waals surface area contributed by atoms with Gasteiger partial charge in [0.2, 0.25) is 0 Å². The first-order valence-electron chi connectivity index (χ1n) is 5.09. The van der Waals surface area contributed by atoms with Crippen LogP contribution in [0.1, 0.15) is 35.9 Å². The molecule has 1 aliphatic rings. The van der Waals surface area contributed by atoms with Gasteiger partial charge < -0.3 is 9.84 Å². The number of hydrogen-bond donors (Lipinski definition) is 1. The molecular weight excluding hydrogens is 192 g/mol. The largest absolute Gasteiger partial charge is 0.455 e. The van der Waals surface area contributed by atoms with Gasteiger partial charge in [-0.15, -0.1) is 0 Å². The van der Waals surface area contributed by atoms with Crippen molar-refractivity contribution >= 4 is 5.97 Å². The van der Waals surface area contributed by atoms with Gasteiger partial charge in [0.15, 0.2) is 0 Å². The minimum absolute atomic E-state index is 0.109. The van der Waals surface area contributed by atoms with Crippen molar-refractivity contribution in [1.82, 2.24) is 0 Å². The number of esters is 1. The zero-order valence-corrected chi connectivity index (χ0v) is 8.81. The molecule has 2 atom stereocenters. The van der Waals surface area contributed by atoms with Crippen molar-refractivity contribution in [3.8, 4) is 0 Å².